The number of phenols is 1. The predicted molar refractivity (Wildman–Crippen MR) is 347 cm³/mol. The number of phenolic OH excluding ortho intramolecular Hbond substituents is 1. The number of nitrogens with two attached hydrogens (primary N) is 3. The minimum Gasteiger partial charge on any atom is -1.00 e. The molecule has 19 nitrogen and oxygen atoms in total. The van der Waals surface area contributed by atoms with Crippen molar-refractivity contribution in [2.75, 3.05) is 24.3 Å². The molecule has 0 saturated carbocycles. The standard InChI is InChI=1S/C22H17Cl2N3O4S.C17H13Cl2NO3.C10H11ClO3.C7H3ClFN.C6H8N2O2S.HI/c1-13-7-18(32(25,29)30)4-6-20(13)27-22(28)9-14-3-5-19(24)21(8-14)31-17-11-15(23)10-16(12-17)26-2;1-3-22-17(21)7-11-4-5-15(19)16(6-11)23-14-9-12(18)8-13(10-14)20-2;1-2-14-10(13)6-7-3-4-8(11)9(12)5-7;1-10-7-3-5(8)2-6(9)4-7;7-5-1-3-6(4-2-5)11(8,9)10;/h3-8,10-12H,9H2,1H3,(H,27,28)(H2,25,29,30);4-6,8-10H,3,7H2,1H3;3-5,12H,2,6H2,1H3;2-4H;1-4H,7H2,(H2,8,9,10);1H/p-1. The van der Waals surface area contributed by atoms with Crippen molar-refractivity contribution in [1.29, 1.82) is 0 Å². The number of anilines is 2. The average molecular weight is 1510 g/mol. The molecule has 0 atom stereocenters. The minimum absolute atomic E-state index is 0. The fourth-order valence-electron chi connectivity index (χ4n) is 7.09. The van der Waals surface area contributed by atoms with Crippen LogP contribution < -0.4 is 54.8 Å². The number of nitrogen functional groups attached to an aromatic ring is 1. The smallest absolute Gasteiger partial charge is 0.310 e. The van der Waals surface area contributed by atoms with Gasteiger partial charge in [-0.3, -0.25) is 14.4 Å². The van der Waals surface area contributed by atoms with Gasteiger partial charge in [0.05, 0.1) is 77.1 Å². The second kappa shape index (κ2) is 37.4. The number of sulfonamides is 2. The van der Waals surface area contributed by atoms with Crippen LogP contribution in [0.25, 0.3) is 14.5 Å². The molecule has 29 heteroatoms. The summed E-state index contributed by atoms with van der Waals surface area (Å²) in [4.78, 5) is 44.9. The number of carbonyl (C=O) groups excluding carboxylic acids is 3. The van der Waals surface area contributed by atoms with Crippen molar-refractivity contribution < 1.29 is 83.6 Å². The van der Waals surface area contributed by atoms with E-state index in [1.54, 1.807) is 93.6 Å². The van der Waals surface area contributed by atoms with Gasteiger partial charge in [0.2, 0.25) is 26.0 Å². The van der Waals surface area contributed by atoms with Gasteiger partial charge in [-0.15, -0.1) is 0 Å². The summed E-state index contributed by atoms with van der Waals surface area (Å²) < 4.78 is 77.8. The summed E-state index contributed by atoms with van der Waals surface area (Å²) in [5.41, 5.74) is 9.83. The summed E-state index contributed by atoms with van der Waals surface area (Å²) in [5, 5.41) is 24.0. The number of esters is 2. The molecule has 0 aromatic heterocycles. The predicted octanol–water partition coefficient (Wildman–Crippen LogP) is 13.0. The molecule has 8 aromatic rings. The zero-order chi connectivity index (χ0) is 66.9. The number of amides is 1. The summed E-state index contributed by atoms with van der Waals surface area (Å²) in [7, 11) is -7.40. The molecule has 0 radical (unpaired) electrons. The van der Waals surface area contributed by atoms with Gasteiger partial charge in [0.15, 0.2) is 17.1 Å². The van der Waals surface area contributed by atoms with E-state index in [9.17, 15) is 40.7 Å². The van der Waals surface area contributed by atoms with Crippen molar-refractivity contribution in [3.05, 3.63) is 244 Å². The highest BCUT2D eigenvalue weighted by Gasteiger charge is 2.15. The quantitative estimate of drug-likeness (QED) is 0.0277. The molecule has 0 spiro atoms. The average Bonchev–Trinajstić information content (AvgIpc) is 3.68. The highest BCUT2D eigenvalue weighted by atomic mass is 127. The van der Waals surface area contributed by atoms with Crippen LogP contribution in [0.15, 0.2) is 161 Å². The Balaban J connectivity index is 0.000000319. The Kier molecular flexibility index (Phi) is 31.8. The van der Waals surface area contributed by atoms with E-state index in [-0.39, 0.29) is 92.4 Å². The van der Waals surface area contributed by atoms with E-state index in [0.29, 0.717) is 95.7 Å². The van der Waals surface area contributed by atoms with E-state index in [4.69, 9.17) is 124 Å². The highest BCUT2D eigenvalue weighted by Crippen LogP contribution is 2.36. The van der Waals surface area contributed by atoms with E-state index in [1.807, 2.05) is 0 Å². The first-order chi connectivity index (χ1) is 42.4. The first-order valence-corrected chi connectivity index (χ1v) is 31.0. The van der Waals surface area contributed by atoms with Crippen LogP contribution in [0.2, 0.25) is 30.1 Å². The highest BCUT2D eigenvalue weighted by molar-refractivity contribution is 7.89. The van der Waals surface area contributed by atoms with Crippen LogP contribution in [-0.4, -0.2) is 53.0 Å². The molecule has 1 amide bonds. The molecular formula is C62H52Cl6FIN7O12S2-. The summed E-state index contributed by atoms with van der Waals surface area (Å²) in [6, 6.07) is 37.6. The van der Waals surface area contributed by atoms with Crippen LogP contribution in [-0.2, 0) is 63.2 Å². The second-order valence-corrected chi connectivity index (χ2v) is 23.8. The monoisotopic (exact) mass is 1510 g/mol. The number of halogens is 8. The van der Waals surface area contributed by atoms with Gasteiger partial charge in [-0.25, -0.2) is 46.0 Å². The maximum atomic E-state index is 12.5. The Morgan fingerprint density at radius 2 is 0.945 bits per heavy atom. The third-order valence-corrected chi connectivity index (χ3v) is 14.5. The number of carbonyl (C=O) groups is 3. The summed E-state index contributed by atoms with van der Waals surface area (Å²) in [6.07, 6.45) is 0.301. The molecule has 8 rings (SSSR count). The van der Waals surface area contributed by atoms with E-state index >= 15 is 0 Å². The molecule has 8 N–H and O–H groups in total. The third kappa shape index (κ3) is 27.6. The molecule has 0 aliphatic heterocycles. The van der Waals surface area contributed by atoms with Crippen molar-refractivity contribution in [3.8, 4) is 28.7 Å². The molecule has 476 valence electrons. The normalized spacial score (nSPS) is 10.3. The van der Waals surface area contributed by atoms with Crippen molar-refractivity contribution in [2.45, 2.75) is 49.8 Å². The maximum Gasteiger partial charge on any atom is 0.310 e. The summed E-state index contributed by atoms with van der Waals surface area (Å²) >= 11 is 35.4. The molecule has 0 aliphatic carbocycles. The zero-order valence-corrected chi connectivity index (χ0v) is 56.1. The first kappa shape index (κ1) is 77.3. The Labute approximate surface area is 572 Å². The molecule has 0 saturated heterocycles. The van der Waals surface area contributed by atoms with Gasteiger partial charge in [0, 0.05) is 26.4 Å². The van der Waals surface area contributed by atoms with E-state index in [0.717, 1.165) is 17.7 Å². The van der Waals surface area contributed by atoms with Gasteiger partial charge in [0.1, 0.15) is 34.6 Å². The van der Waals surface area contributed by atoms with Crippen LogP contribution in [0.3, 0.4) is 0 Å². The molecular weight excluding hydrogens is 1460 g/mol. The number of hydrogen-bond donors (Lipinski definition) is 5. The van der Waals surface area contributed by atoms with Gasteiger partial charge in [-0.1, -0.05) is 87.8 Å². The third-order valence-electron chi connectivity index (χ3n) is 11.1. The van der Waals surface area contributed by atoms with Gasteiger partial charge in [0.25, 0.3) is 0 Å². The first-order valence-electron chi connectivity index (χ1n) is 25.6. The number of aromatic hydroxyl groups is 1. The number of ether oxygens (including phenoxy) is 4. The molecule has 0 unspecified atom stereocenters. The molecule has 91 heavy (non-hydrogen) atoms. The fourth-order valence-corrected chi connectivity index (χ4v) is 9.29. The van der Waals surface area contributed by atoms with Crippen LogP contribution >= 0.6 is 69.6 Å². The van der Waals surface area contributed by atoms with Gasteiger partial charge in [-0.2, -0.15) is 0 Å². The lowest BCUT2D eigenvalue weighted by Crippen LogP contribution is -3.00. The molecule has 0 bridgehead atoms. The number of hydrogen-bond acceptors (Lipinski definition) is 13. The Morgan fingerprint density at radius 3 is 1.35 bits per heavy atom. The van der Waals surface area contributed by atoms with Gasteiger partial charge < -0.3 is 59.1 Å². The molecule has 0 fully saturated rings. The van der Waals surface area contributed by atoms with Crippen LogP contribution in [0.1, 0.15) is 36.1 Å². The maximum absolute atomic E-state index is 12.5. The van der Waals surface area contributed by atoms with Crippen molar-refractivity contribution >= 4 is 136 Å². The van der Waals surface area contributed by atoms with E-state index in [2.05, 4.69) is 19.9 Å². The topological polar surface area (TPSA) is 280 Å². The molecule has 0 aliphatic rings. The lowest BCUT2D eigenvalue weighted by Gasteiger charge is -2.12. The van der Waals surface area contributed by atoms with Crippen LogP contribution in [0.4, 0.5) is 32.8 Å². The summed E-state index contributed by atoms with van der Waals surface area (Å²) in [6.45, 7) is 26.6. The number of rotatable bonds is 15. The number of nitrogens with zero attached hydrogens (tertiary/aromatic N) is 3. The largest absolute Gasteiger partial charge is 1.00 e. The number of aryl methyl sites for hydroxylation is 1. The SMILES string of the molecule is CCOC(=O)Cc1ccc(Cl)c(O)c1.Nc1ccc(S(N)(=O)=O)cc1.[C-]#[N+]c1cc(Cl)cc(Oc2cc(CC(=O)Nc3ccc(S(N)(=O)=O)cc3C)ccc2Cl)c1.[C-]#[N+]c1cc(Cl)cc(Oc2cc(CC(=O)OCC)ccc2Cl)c1.[C-]#[N+]c1cc(F)cc(Cl)c1.[I-]. The fraction of sp³-hybridized carbons (Fsp3) is 0.129. The Morgan fingerprint density at radius 1 is 0.538 bits per heavy atom. The minimum atomic E-state index is -3.82. The van der Waals surface area contributed by atoms with E-state index in [1.165, 1.54) is 66.7 Å². The van der Waals surface area contributed by atoms with Gasteiger partial charge in [-0.05, 0) is 176 Å². The Hall–Kier alpha value is -7.94. The lowest BCUT2D eigenvalue weighted by atomic mass is 10.1. The van der Waals surface area contributed by atoms with Crippen LogP contribution in [0, 0.1) is 32.5 Å². The molecule has 8 aromatic carbocycles. The summed E-state index contributed by atoms with van der Waals surface area (Å²) in [5.74, 6) is -0.00504. The number of primary sulfonamides is 2. The van der Waals surface area contributed by atoms with Crippen molar-refractivity contribution in [2.24, 2.45) is 10.3 Å². The second-order valence-electron chi connectivity index (χ2n) is 18.1. The number of benzene rings is 8. The van der Waals surface area contributed by atoms with Crippen molar-refractivity contribution in [1.82, 2.24) is 0 Å². The zero-order valence-electron chi connectivity index (χ0n) is 47.8. The van der Waals surface area contributed by atoms with Crippen molar-refractivity contribution in [3.63, 3.8) is 0 Å². The van der Waals surface area contributed by atoms with Crippen LogP contribution in [0.5, 0.6) is 28.7 Å². The number of nitrogens with one attached hydrogen (secondary N) is 1. The van der Waals surface area contributed by atoms with E-state index < -0.39 is 25.9 Å². The van der Waals surface area contributed by atoms with Gasteiger partial charge >= 0.3 is 11.9 Å². The molecule has 0 heterocycles. The lowest BCUT2D eigenvalue weighted by molar-refractivity contribution is -0.143. The Bertz CT molecular complexity index is 4250.